The number of aldehydes is 1. The predicted octanol–water partition coefficient (Wildman–Crippen LogP) is 3.13. The van der Waals surface area contributed by atoms with E-state index < -0.39 is 0 Å². The van der Waals surface area contributed by atoms with E-state index in [1.807, 2.05) is 24.3 Å². The zero-order valence-corrected chi connectivity index (χ0v) is 11.8. The van der Waals surface area contributed by atoms with Crippen molar-refractivity contribution >= 4 is 17.5 Å². The molecule has 0 radical (unpaired) electrons. The van der Waals surface area contributed by atoms with Gasteiger partial charge in [-0.15, -0.1) is 0 Å². The number of hydrogen-bond donors (Lipinski definition) is 0. The van der Waals surface area contributed by atoms with E-state index in [1.54, 1.807) is 0 Å². The summed E-state index contributed by atoms with van der Waals surface area (Å²) >= 11 is 0. The summed E-state index contributed by atoms with van der Waals surface area (Å²) in [5.41, 5.74) is 6.88. The molecule has 22 heavy (non-hydrogen) atoms. The van der Waals surface area contributed by atoms with E-state index in [-0.39, 0.29) is 0 Å². The Morgan fingerprint density at radius 1 is 1.09 bits per heavy atom. The molecule has 2 aromatic carbocycles. The third-order valence-electron chi connectivity index (χ3n) is 4.55. The highest BCUT2D eigenvalue weighted by Gasteiger charge is 2.25. The van der Waals surface area contributed by atoms with Crippen LogP contribution in [0.5, 0.6) is 0 Å². The molecule has 0 bridgehead atoms. The van der Waals surface area contributed by atoms with Crippen molar-refractivity contribution in [3.05, 3.63) is 70.0 Å². The summed E-state index contributed by atoms with van der Waals surface area (Å²) in [5, 5.41) is 1.71. The van der Waals surface area contributed by atoms with Crippen LogP contribution in [-0.4, -0.2) is 6.29 Å². The molecule has 2 aromatic rings. The Morgan fingerprint density at radius 2 is 2.00 bits per heavy atom. The van der Waals surface area contributed by atoms with E-state index in [0.717, 1.165) is 57.9 Å². The average Bonchev–Trinajstić information content (AvgIpc) is 3.11. The van der Waals surface area contributed by atoms with Gasteiger partial charge in [0.2, 0.25) is 0 Å². The van der Waals surface area contributed by atoms with Crippen LogP contribution in [-0.2, 0) is 0 Å². The number of carbonyl (C=O) groups excluding carboxylic acids is 1. The van der Waals surface area contributed by atoms with Crippen molar-refractivity contribution in [1.82, 2.24) is 0 Å². The van der Waals surface area contributed by atoms with Crippen molar-refractivity contribution in [3.63, 3.8) is 0 Å². The molecule has 2 aliphatic heterocycles. The average molecular weight is 284 g/mol. The zero-order valence-electron chi connectivity index (χ0n) is 11.8. The van der Waals surface area contributed by atoms with Crippen molar-refractivity contribution in [2.45, 2.75) is 12.8 Å². The van der Waals surface area contributed by atoms with Crippen LogP contribution in [0, 0.1) is 0 Å². The largest absolute Gasteiger partial charge is 0.298 e. The fourth-order valence-electron chi connectivity index (χ4n) is 3.58. The Balaban J connectivity index is 1.91. The Bertz CT molecular complexity index is 1040. The molecule has 3 aliphatic rings. The quantitative estimate of drug-likeness (QED) is 0.633. The number of rotatable bonds is 1. The summed E-state index contributed by atoms with van der Waals surface area (Å²) in [6.07, 6.45) is 7.14. The van der Waals surface area contributed by atoms with Gasteiger partial charge in [-0.3, -0.25) is 4.79 Å². The predicted molar refractivity (Wildman–Crippen MR) is 84.5 cm³/mol. The molecule has 0 atom stereocenters. The van der Waals surface area contributed by atoms with E-state index in [9.17, 15) is 4.79 Å². The lowest BCUT2D eigenvalue weighted by atomic mass is 9.92. The molecule has 3 heteroatoms. The summed E-state index contributed by atoms with van der Waals surface area (Å²) in [5.74, 6) is 0. The number of carbonyl (C=O) groups is 1. The minimum Gasteiger partial charge on any atom is -0.298 e. The molecule has 5 rings (SSSR count). The molecule has 2 heterocycles. The molecule has 0 amide bonds. The highest BCUT2D eigenvalue weighted by atomic mass is 16.1. The van der Waals surface area contributed by atoms with E-state index in [0.29, 0.717) is 5.56 Å². The molecule has 0 aromatic heterocycles. The third-order valence-corrected chi connectivity index (χ3v) is 4.55. The molecule has 0 saturated carbocycles. The Labute approximate surface area is 127 Å². The zero-order chi connectivity index (χ0) is 14.7. The van der Waals surface area contributed by atoms with Gasteiger partial charge in [0.15, 0.2) is 6.29 Å². The third kappa shape index (κ3) is 1.38. The molecular weight excluding hydrogens is 272 g/mol. The Morgan fingerprint density at radius 3 is 2.91 bits per heavy atom. The van der Waals surface area contributed by atoms with Crippen LogP contribution in [0.4, 0.5) is 5.69 Å². The fraction of sp³-hybridized carbons (Fsp3) is 0.105. The molecule has 0 fully saturated rings. The molecular formula is C19H12N2O. The van der Waals surface area contributed by atoms with Crippen molar-refractivity contribution in [2.75, 3.05) is 0 Å². The smallest absolute Gasteiger partial charge is 0.152 e. The molecule has 0 unspecified atom stereocenters. The highest BCUT2D eigenvalue weighted by Crippen LogP contribution is 2.36. The Hall–Kier alpha value is -2.81. The number of para-hydroxylation sites is 1. The van der Waals surface area contributed by atoms with Crippen LogP contribution < -0.4 is 10.7 Å². The summed E-state index contributed by atoms with van der Waals surface area (Å²) in [6, 6.07) is 10.1. The number of hydrogen-bond acceptors (Lipinski definition) is 3. The van der Waals surface area contributed by atoms with E-state index in [2.05, 4.69) is 18.2 Å². The van der Waals surface area contributed by atoms with Crippen molar-refractivity contribution in [3.8, 4) is 11.1 Å². The van der Waals surface area contributed by atoms with Gasteiger partial charge in [0.1, 0.15) is 0 Å². The maximum Gasteiger partial charge on any atom is 0.152 e. The minimum atomic E-state index is 0.670. The Kier molecular flexibility index (Phi) is 2.20. The molecule has 3 nitrogen and oxygen atoms in total. The first-order valence-electron chi connectivity index (χ1n) is 7.46. The normalized spacial score (nSPS) is 16.4. The van der Waals surface area contributed by atoms with Crippen molar-refractivity contribution in [2.24, 2.45) is 9.98 Å². The maximum atomic E-state index is 11.8. The second-order valence-corrected chi connectivity index (χ2v) is 5.74. The summed E-state index contributed by atoms with van der Waals surface area (Å²) in [4.78, 5) is 21.2. The first-order valence-corrected chi connectivity index (χ1v) is 7.46. The number of allylic oxidation sites excluding steroid dienone is 3. The van der Waals surface area contributed by atoms with Gasteiger partial charge < -0.3 is 0 Å². The van der Waals surface area contributed by atoms with Gasteiger partial charge in [-0.2, -0.15) is 0 Å². The number of benzene rings is 2. The maximum absolute atomic E-state index is 11.8. The topological polar surface area (TPSA) is 41.8 Å². The van der Waals surface area contributed by atoms with Gasteiger partial charge in [0.05, 0.1) is 27.7 Å². The second kappa shape index (κ2) is 4.10. The van der Waals surface area contributed by atoms with E-state index in [1.165, 1.54) is 5.57 Å². The second-order valence-electron chi connectivity index (χ2n) is 5.74. The van der Waals surface area contributed by atoms with Crippen LogP contribution >= 0.6 is 0 Å². The van der Waals surface area contributed by atoms with Crippen molar-refractivity contribution < 1.29 is 4.79 Å². The standard InChI is InChI=1S/C19H12N2O/c22-10-14-18-12-6-2-4-8-16(12)20-17(18)9-13-11-5-1-3-7-15(11)21-19(13)14/h2-4,6-10H,1,5H2. The first-order chi connectivity index (χ1) is 10.9. The molecule has 0 saturated heterocycles. The molecule has 104 valence electrons. The highest BCUT2D eigenvalue weighted by molar-refractivity contribution is 5.94. The van der Waals surface area contributed by atoms with Gasteiger partial charge in [-0.25, -0.2) is 9.98 Å². The van der Waals surface area contributed by atoms with Gasteiger partial charge in [0, 0.05) is 16.7 Å². The number of fused-ring (bicyclic) bond motifs is 5. The minimum absolute atomic E-state index is 0.670. The van der Waals surface area contributed by atoms with Crippen LogP contribution in [0.2, 0.25) is 0 Å². The van der Waals surface area contributed by atoms with Gasteiger partial charge >= 0.3 is 0 Å². The van der Waals surface area contributed by atoms with Gasteiger partial charge in [-0.1, -0.05) is 24.3 Å². The molecule has 0 spiro atoms. The lowest BCUT2D eigenvalue weighted by molar-refractivity contribution is 0.112. The molecule has 1 aliphatic carbocycles. The first kappa shape index (κ1) is 11.8. The molecule has 0 N–H and O–H groups in total. The van der Waals surface area contributed by atoms with Crippen molar-refractivity contribution in [1.29, 1.82) is 0 Å². The fourth-order valence-corrected chi connectivity index (χ4v) is 3.58. The van der Waals surface area contributed by atoms with E-state index in [4.69, 9.17) is 9.98 Å². The van der Waals surface area contributed by atoms with E-state index >= 15 is 0 Å². The summed E-state index contributed by atoms with van der Waals surface area (Å²) in [7, 11) is 0. The van der Waals surface area contributed by atoms with Crippen LogP contribution in [0.25, 0.3) is 16.7 Å². The lowest BCUT2D eigenvalue weighted by Gasteiger charge is -2.08. The SMILES string of the molecule is O=Cc1c2c(cc3c1=NC1=C3CCC=C1)=Nc1ccccc1-2. The van der Waals surface area contributed by atoms with Gasteiger partial charge in [0.25, 0.3) is 0 Å². The summed E-state index contributed by atoms with van der Waals surface area (Å²) in [6.45, 7) is 0. The number of nitrogens with zero attached hydrogens (tertiary/aromatic N) is 2. The van der Waals surface area contributed by atoms with Gasteiger partial charge in [-0.05, 0) is 36.6 Å². The summed E-state index contributed by atoms with van der Waals surface area (Å²) < 4.78 is 0. The van der Waals surface area contributed by atoms with Crippen LogP contribution in [0.3, 0.4) is 0 Å². The lowest BCUT2D eigenvalue weighted by Crippen LogP contribution is -2.20. The monoisotopic (exact) mass is 284 g/mol. The van der Waals surface area contributed by atoms with Crippen LogP contribution in [0.1, 0.15) is 28.8 Å². The van der Waals surface area contributed by atoms with Crippen LogP contribution in [0.15, 0.2) is 58.2 Å².